The first-order chi connectivity index (χ1) is 9.30. The van der Waals surface area contributed by atoms with Crippen LogP contribution in [0.25, 0.3) is 17.2 Å². The smallest absolute Gasteiger partial charge is 0.675 e. The Morgan fingerprint density at radius 2 is 0.909 bits per heavy atom. The molecule has 3 N–H and O–H groups in total. The van der Waals surface area contributed by atoms with Crippen molar-refractivity contribution in [2.45, 2.75) is 59.7 Å². The third kappa shape index (κ3) is 42.7. The van der Waals surface area contributed by atoms with Gasteiger partial charge in [-0.15, -0.1) is 18.1 Å². The third-order valence-electron chi connectivity index (χ3n) is 0.990. The van der Waals surface area contributed by atoms with Gasteiger partial charge in [0.1, 0.15) is 0 Å². The predicted octanol–water partition coefficient (Wildman–Crippen LogP) is 5.80. The Bertz CT molecular complexity index is 280. The van der Waals surface area contributed by atoms with E-state index in [-0.39, 0.29) is 44.0 Å². The van der Waals surface area contributed by atoms with Crippen molar-refractivity contribution >= 4 is 14.3 Å². The van der Waals surface area contributed by atoms with Gasteiger partial charge in [0, 0.05) is 0 Å². The predicted molar refractivity (Wildman–Crippen MR) is 89.1 cm³/mol. The Labute approximate surface area is 153 Å². The number of halogens is 3. The maximum absolute atomic E-state index is 11.8. The van der Waals surface area contributed by atoms with Gasteiger partial charge in [0.2, 0.25) is 0 Å². The molecule has 22 heavy (non-hydrogen) atoms. The van der Waals surface area contributed by atoms with Gasteiger partial charge in [-0.05, 0) is 0 Å². The summed E-state index contributed by atoms with van der Waals surface area (Å²) in [5, 5.41) is -0.442. The molecule has 0 aliphatic heterocycles. The van der Waals surface area contributed by atoms with E-state index in [4.69, 9.17) is 17.2 Å². The minimum atomic E-state index is -5.48. The quantitative estimate of drug-likeness (QED) is 0.265. The Hall–Kier alpha value is 0.107. The van der Waals surface area contributed by atoms with Crippen molar-refractivity contribution in [2.75, 3.05) is 0 Å². The van der Waals surface area contributed by atoms with Crippen LogP contribution in [0.3, 0.4) is 0 Å². The molecule has 0 unspecified atom stereocenters. The standard InChI is InChI=1S/C5H4F3Si.3C3H8N.Hf/c6-9(7,8)5-3-1-2-4-5;3*1-3(2)4;/h1-4H;3*3-4H,1-2H3;/q4*-1;+4. The summed E-state index contributed by atoms with van der Waals surface area (Å²) in [4.78, 5) is 0. The van der Waals surface area contributed by atoms with Crippen LogP contribution in [0.15, 0.2) is 24.3 Å². The summed E-state index contributed by atoms with van der Waals surface area (Å²) >= 11 is 0. The summed E-state index contributed by atoms with van der Waals surface area (Å²) in [5.41, 5.74) is 19.8. The van der Waals surface area contributed by atoms with E-state index in [2.05, 4.69) is 0 Å². The molecule has 8 heteroatoms. The van der Waals surface area contributed by atoms with Gasteiger partial charge in [-0.1, -0.05) is 46.7 Å². The molecule has 0 amide bonds. The van der Waals surface area contributed by atoms with Gasteiger partial charge in [0.05, 0.1) is 0 Å². The van der Waals surface area contributed by atoms with E-state index in [1.54, 1.807) is 0 Å². The molecule has 0 radical (unpaired) electrons. The molecule has 0 aliphatic carbocycles. The van der Waals surface area contributed by atoms with Gasteiger partial charge in [0.15, 0.2) is 0 Å². The minimum absolute atomic E-state index is 0. The van der Waals surface area contributed by atoms with Crippen LogP contribution in [0.4, 0.5) is 12.3 Å². The largest absolute Gasteiger partial charge is 4.00 e. The Morgan fingerprint density at radius 3 is 1.00 bits per heavy atom. The van der Waals surface area contributed by atoms with Crippen molar-refractivity contribution in [2.24, 2.45) is 0 Å². The molecule has 0 bridgehead atoms. The fourth-order valence-electron chi connectivity index (χ4n) is 0.563. The molecule has 0 heterocycles. The Balaban J connectivity index is -0.000000107. The summed E-state index contributed by atoms with van der Waals surface area (Å²) in [6, 6.07) is 5.25. The van der Waals surface area contributed by atoms with Crippen molar-refractivity contribution in [1.29, 1.82) is 0 Å². The van der Waals surface area contributed by atoms with Crippen LogP contribution >= 0.6 is 0 Å². The molecule has 1 rings (SSSR count). The zero-order valence-corrected chi connectivity index (χ0v) is 18.8. The van der Waals surface area contributed by atoms with Gasteiger partial charge >= 0.3 is 34.9 Å². The van der Waals surface area contributed by atoms with E-state index >= 15 is 0 Å². The molecule has 0 saturated heterocycles. The summed E-state index contributed by atoms with van der Waals surface area (Å²) < 4.78 is 35.3. The summed E-state index contributed by atoms with van der Waals surface area (Å²) in [7, 11) is -5.48. The maximum atomic E-state index is 11.8. The van der Waals surface area contributed by atoms with E-state index in [0.29, 0.717) is 0 Å². The van der Waals surface area contributed by atoms with E-state index < -0.39 is 14.3 Å². The molecule has 3 nitrogen and oxygen atoms in total. The van der Waals surface area contributed by atoms with Crippen LogP contribution in [0.5, 0.6) is 0 Å². The van der Waals surface area contributed by atoms with Crippen LogP contribution in [-0.2, 0) is 25.8 Å². The Morgan fingerprint density at radius 1 is 0.727 bits per heavy atom. The van der Waals surface area contributed by atoms with Gasteiger partial charge in [-0.3, -0.25) is 0 Å². The zero-order chi connectivity index (χ0) is 17.6. The van der Waals surface area contributed by atoms with Crippen LogP contribution in [0.1, 0.15) is 41.5 Å². The van der Waals surface area contributed by atoms with Gasteiger partial charge in [-0.25, -0.2) is 24.5 Å². The van der Waals surface area contributed by atoms with Crippen LogP contribution in [0.2, 0.25) is 0 Å². The summed E-state index contributed by atoms with van der Waals surface area (Å²) in [6.07, 6.45) is 0. The second-order valence-electron chi connectivity index (χ2n) is 5.14. The second-order valence-corrected chi connectivity index (χ2v) is 6.71. The average molecular weight is 502 g/mol. The fraction of sp³-hybridized carbons (Fsp3) is 0.643. The number of nitrogens with one attached hydrogen (secondary N) is 3. The Kier molecular flexibility index (Phi) is 23.8. The van der Waals surface area contributed by atoms with Crippen molar-refractivity contribution < 1.29 is 38.2 Å². The first kappa shape index (κ1) is 30.0. The topological polar surface area (TPSA) is 71.4 Å². The summed E-state index contributed by atoms with van der Waals surface area (Å²) in [6.45, 7) is 11.0. The molecule has 0 atom stereocenters. The van der Waals surface area contributed by atoms with Crippen molar-refractivity contribution in [3.8, 4) is 0 Å². The monoisotopic (exact) mass is 503 g/mol. The molecule has 0 spiro atoms. The number of hydrogen-bond donors (Lipinski definition) is 0. The average Bonchev–Trinajstić information content (AvgIpc) is 2.64. The van der Waals surface area contributed by atoms with Crippen molar-refractivity contribution in [1.82, 2.24) is 0 Å². The van der Waals surface area contributed by atoms with E-state index in [1.807, 2.05) is 41.5 Å². The molecule has 0 fully saturated rings. The van der Waals surface area contributed by atoms with Gasteiger partial charge < -0.3 is 17.2 Å². The molecular formula is C14H28F3HfN3Si. The third-order valence-corrected chi connectivity index (χ3v) is 1.98. The molecule has 128 valence electrons. The molecule has 0 aromatic heterocycles. The normalized spacial score (nSPS) is 9.77. The minimum Gasteiger partial charge on any atom is -0.675 e. The van der Waals surface area contributed by atoms with E-state index in [1.165, 1.54) is 12.1 Å². The summed E-state index contributed by atoms with van der Waals surface area (Å²) in [5.74, 6) is 0. The zero-order valence-electron chi connectivity index (χ0n) is 14.2. The molecule has 1 aromatic rings. The van der Waals surface area contributed by atoms with Crippen LogP contribution < -0.4 is 5.19 Å². The fourth-order valence-corrected chi connectivity index (χ4v) is 1.13. The molecular weight excluding hydrogens is 474 g/mol. The second kappa shape index (κ2) is 17.5. The number of rotatable bonds is 1. The van der Waals surface area contributed by atoms with Gasteiger partial charge in [-0.2, -0.15) is 12.1 Å². The first-order valence-electron chi connectivity index (χ1n) is 6.72. The SMILES string of the molecule is CC(C)[NH-].CC(C)[NH-].CC(C)[NH-].F[Si](F)(F)[c-]1cccc1.[Hf+4]. The molecule has 0 aliphatic rings. The van der Waals surface area contributed by atoms with Gasteiger partial charge in [0.25, 0.3) is 0 Å². The van der Waals surface area contributed by atoms with Crippen LogP contribution in [-0.4, -0.2) is 27.2 Å². The van der Waals surface area contributed by atoms with Crippen LogP contribution in [0, 0.1) is 0 Å². The van der Waals surface area contributed by atoms with Crippen molar-refractivity contribution in [3.05, 3.63) is 41.5 Å². The van der Waals surface area contributed by atoms with Crippen molar-refractivity contribution in [3.63, 3.8) is 0 Å². The molecule has 0 saturated carbocycles. The molecule has 1 aromatic carbocycles. The maximum Gasteiger partial charge on any atom is 4.00 e. The first-order valence-corrected chi connectivity index (χ1v) is 8.36. The van der Waals surface area contributed by atoms with E-state index in [9.17, 15) is 12.3 Å². The van der Waals surface area contributed by atoms with E-state index in [0.717, 1.165) is 12.1 Å². The number of hydrogen-bond acceptors (Lipinski definition) is 0.